The van der Waals surface area contributed by atoms with Crippen LogP contribution in [0.4, 0.5) is 5.82 Å². The first-order chi connectivity index (χ1) is 12.0. The second-order valence-electron chi connectivity index (χ2n) is 6.63. The van der Waals surface area contributed by atoms with Gasteiger partial charge >= 0.3 is 0 Å². The van der Waals surface area contributed by atoms with Gasteiger partial charge in [0.1, 0.15) is 6.04 Å². The van der Waals surface area contributed by atoms with Gasteiger partial charge in [-0.15, -0.1) is 0 Å². The smallest absolute Gasteiger partial charge is 0.248 e. The molecule has 1 aromatic heterocycles. The molecule has 0 radical (unpaired) electrons. The van der Waals surface area contributed by atoms with E-state index in [1.807, 2.05) is 38.1 Å². The maximum atomic E-state index is 12.9. The van der Waals surface area contributed by atoms with E-state index >= 15 is 0 Å². The van der Waals surface area contributed by atoms with E-state index in [0.717, 1.165) is 17.5 Å². The molecule has 3 rings (SSSR count). The van der Waals surface area contributed by atoms with Crippen molar-refractivity contribution in [1.29, 1.82) is 0 Å². The van der Waals surface area contributed by atoms with E-state index in [1.165, 1.54) is 0 Å². The van der Waals surface area contributed by atoms with Crippen molar-refractivity contribution >= 4 is 17.6 Å². The molecular formula is C19H24N4O2. The van der Waals surface area contributed by atoms with Crippen LogP contribution in [0.25, 0.3) is 0 Å². The van der Waals surface area contributed by atoms with Crippen molar-refractivity contribution in [3.8, 4) is 0 Å². The minimum Gasteiger partial charge on any atom is -0.326 e. The number of carbonyl (C=O) groups is 2. The second-order valence-corrected chi connectivity index (χ2v) is 6.63. The van der Waals surface area contributed by atoms with Crippen molar-refractivity contribution in [2.75, 3.05) is 5.32 Å². The molecule has 0 fully saturated rings. The Kier molecular flexibility index (Phi) is 4.88. The summed E-state index contributed by atoms with van der Waals surface area (Å²) in [5, 5.41) is 7.03. The number of nitrogens with one attached hydrogen (secondary N) is 1. The Morgan fingerprint density at radius 1 is 1.28 bits per heavy atom. The van der Waals surface area contributed by atoms with Crippen molar-refractivity contribution in [2.24, 2.45) is 13.0 Å². The van der Waals surface area contributed by atoms with Gasteiger partial charge in [0.2, 0.25) is 11.8 Å². The van der Waals surface area contributed by atoms with Gasteiger partial charge in [-0.25, -0.2) is 0 Å². The van der Waals surface area contributed by atoms with Crippen LogP contribution in [0.15, 0.2) is 36.5 Å². The van der Waals surface area contributed by atoms with Crippen molar-refractivity contribution in [3.63, 3.8) is 0 Å². The molecule has 2 amide bonds. The fourth-order valence-corrected chi connectivity index (χ4v) is 3.14. The highest BCUT2D eigenvalue weighted by Gasteiger charge is 2.36. The maximum absolute atomic E-state index is 12.9. The van der Waals surface area contributed by atoms with Gasteiger partial charge in [-0.05, 0) is 17.5 Å². The Balaban J connectivity index is 1.87. The average Bonchev–Trinajstić information content (AvgIpc) is 3.03. The summed E-state index contributed by atoms with van der Waals surface area (Å²) >= 11 is 0. The molecule has 132 valence electrons. The highest BCUT2D eigenvalue weighted by atomic mass is 16.2. The second kappa shape index (κ2) is 7.09. The Morgan fingerprint density at radius 3 is 2.64 bits per heavy atom. The molecule has 1 aliphatic rings. The van der Waals surface area contributed by atoms with Gasteiger partial charge in [-0.3, -0.25) is 14.3 Å². The summed E-state index contributed by atoms with van der Waals surface area (Å²) in [6.07, 6.45) is 3.05. The highest BCUT2D eigenvalue weighted by Crippen LogP contribution is 2.26. The van der Waals surface area contributed by atoms with Crippen LogP contribution in [0.1, 0.15) is 31.4 Å². The number of nitrogens with zero attached hydrogens (tertiary/aromatic N) is 3. The van der Waals surface area contributed by atoms with Crippen LogP contribution in [0.5, 0.6) is 0 Å². The van der Waals surface area contributed by atoms with Crippen LogP contribution in [0.3, 0.4) is 0 Å². The molecule has 0 unspecified atom stereocenters. The number of anilines is 1. The Morgan fingerprint density at radius 2 is 2.00 bits per heavy atom. The predicted molar refractivity (Wildman–Crippen MR) is 95.8 cm³/mol. The normalized spacial score (nSPS) is 17.7. The largest absolute Gasteiger partial charge is 0.326 e. The first kappa shape index (κ1) is 17.2. The molecule has 0 bridgehead atoms. The zero-order chi connectivity index (χ0) is 18.0. The molecule has 2 atom stereocenters. The number of benzene rings is 1. The lowest BCUT2D eigenvalue weighted by Crippen LogP contribution is -2.52. The average molecular weight is 340 g/mol. The van der Waals surface area contributed by atoms with Crippen LogP contribution in [0, 0.1) is 5.92 Å². The van der Waals surface area contributed by atoms with E-state index in [1.54, 1.807) is 28.9 Å². The summed E-state index contributed by atoms with van der Waals surface area (Å²) in [5.41, 5.74) is 2.23. The van der Waals surface area contributed by atoms with Gasteiger partial charge in [0.15, 0.2) is 5.82 Å². The number of amides is 2. The zero-order valence-corrected chi connectivity index (χ0v) is 14.9. The van der Waals surface area contributed by atoms with Crippen molar-refractivity contribution in [3.05, 3.63) is 47.7 Å². The van der Waals surface area contributed by atoms with Crippen molar-refractivity contribution in [2.45, 2.75) is 39.3 Å². The minimum atomic E-state index is -0.515. The molecule has 6 nitrogen and oxygen atoms in total. The van der Waals surface area contributed by atoms with Gasteiger partial charge in [-0.1, -0.05) is 38.1 Å². The van der Waals surface area contributed by atoms with E-state index in [4.69, 9.17) is 0 Å². The van der Waals surface area contributed by atoms with Crippen LogP contribution in [-0.4, -0.2) is 32.5 Å². The molecule has 1 N–H and O–H groups in total. The van der Waals surface area contributed by atoms with E-state index in [-0.39, 0.29) is 17.7 Å². The van der Waals surface area contributed by atoms with Crippen LogP contribution < -0.4 is 5.32 Å². The number of hydrogen-bond acceptors (Lipinski definition) is 3. The molecule has 2 heterocycles. The lowest BCUT2D eigenvalue weighted by atomic mass is 9.92. The van der Waals surface area contributed by atoms with E-state index in [0.29, 0.717) is 18.8 Å². The zero-order valence-electron chi connectivity index (χ0n) is 14.9. The molecule has 25 heavy (non-hydrogen) atoms. The van der Waals surface area contributed by atoms with Gasteiger partial charge in [0.05, 0.1) is 0 Å². The maximum Gasteiger partial charge on any atom is 0.248 e. The summed E-state index contributed by atoms with van der Waals surface area (Å²) < 4.78 is 1.63. The first-order valence-corrected chi connectivity index (χ1v) is 8.67. The Bertz CT molecular complexity index is 783. The third kappa shape index (κ3) is 3.57. The van der Waals surface area contributed by atoms with Crippen molar-refractivity contribution < 1.29 is 9.59 Å². The number of hydrogen-bond donors (Lipinski definition) is 1. The summed E-state index contributed by atoms with van der Waals surface area (Å²) in [6, 6.07) is 9.23. The van der Waals surface area contributed by atoms with Gasteiger partial charge in [0.25, 0.3) is 0 Å². The van der Waals surface area contributed by atoms with E-state index in [9.17, 15) is 9.59 Å². The minimum absolute atomic E-state index is 0.0261. The van der Waals surface area contributed by atoms with Crippen molar-refractivity contribution in [1.82, 2.24) is 14.7 Å². The fourth-order valence-electron chi connectivity index (χ4n) is 3.14. The SMILES string of the molecule is CC[C@H](C)C(=O)N1Cc2ccccc2C[C@@H]1C(=O)Nc1ccn(C)n1. The number of fused-ring (bicyclic) bond motifs is 1. The monoisotopic (exact) mass is 340 g/mol. The van der Waals surface area contributed by atoms with E-state index < -0.39 is 6.04 Å². The number of carbonyl (C=O) groups excluding carboxylic acids is 2. The van der Waals surface area contributed by atoms with Gasteiger partial charge in [-0.2, -0.15) is 5.10 Å². The summed E-state index contributed by atoms with van der Waals surface area (Å²) in [7, 11) is 1.80. The third-order valence-electron chi connectivity index (χ3n) is 4.83. The summed E-state index contributed by atoms with van der Waals surface area (Å²) in [6.45, 7) is 4.37. The molecule has 0 aliphatic carbocycles. The molecule has 0 spiro atoms. The number of aromatic nitrogens is 2. The Labute approximate surface area is 147 Å². The first-order valence-electron chi connectivity index (χ1n) is 8.67. The fraction of sp³-hybridized carbons (Fsp3) is 0.421. The highest BCUT2D eigenvalue weighted by molar-refractivity contribution is 5.97. The molecule has 1 aromatic carbocycles. The molecular weight excluding hydrogens is 316 g/mol. The predicted octanol–water partition coefficient (Wildman–Crippen LogP) is 2.36. The van der Waals surface area contributed by atoms with Gasteiger partial charge < -0.3 is 10.2 Å². The quantitative estimate of drug-likeness (QED) is 0.929. The third-order valence-corrected chi connectivity index (χ3v) is 4.83. The van der Waals surface area contributed by atoms with Crippen LogP contribution >= 0.6 is 0 Å². The van der Waals surface area contributed by atoms with Crippen LogP contribution in [-0.2, 0) is 29.6 Å². The Hall–Kier alpha value is -2.63. The lowest BCUT2D eigenvalue weighted by Gasteiger charge is -2.37. The molecule has 6 heteroatoms. The van der Waals surface area contributed by atoms with E-state index in [2.05, 4.69) is 10.4 Å². The lowest BCUT2D eigenvalue weighted by molar-refractivity contribution is -0.143. The molecule has 0 saturated heterocycles. The van der Waals surface area contributed by atoms with Crippen LogP contribution in [0.2, 0.25) is 0 Å². The molecule has 1 aliphatic heterocycles. The van der Waals surface area contributed by atoms with Gasteiger partial charge in [0, 0.05) is 38.2 Å². The summed E-state index contributed by atoms with van der Waals surface area (Å²) in [5.74, 6) is 0.237. The summed E-state index contributed by atoms with van der Waals surface area (Å²) in [4.78, 5) is 27.4. The number of aryl methyl sites for hydroxylation is 1. The molecule has 0 saturated carbocycles. The standard InChI is InChI=1S/C19H24N4O2/c1-4-13(2)19(25)23-12-15-8-6-5-7-14(15)11-16(23)18(24)20-17-9-10-22(3)21-17/h5-10,13,16H,4,11-12H2,1-3H3,(H,20,21,24)/t13-,16+/m0/s1. The number of rotatable bonds is 4. The topological polar surface area (TPSA) is 67.2 Å². The molecule has 2 aromatic rings.